The van der Waals surface area contributed by atoms with Gasteiger partial charge in [0.1, 0.15) is 5.00 Å². The van der Waals surface area contributed by atoms with E-state index in [1.165, 1.54) is 18.4 Å². The van der Waals surface area contributed by atoms with E-state index < -0.39 is 16.0 Å². The van der Waals surface area contributed by atoms with Crippen LogP contribution < -0.4 is 4.72 Å². The van der Waals surface area contributed by atoms with Crippen LogP contribution in [0.3, 0.4) is 0 Å². The second-order valence-corrected chi connectivity index (χ2v) is 8.96. The highest BCUT2D eigenvalue weighted by Gasteiger charge is 2.29. The quantitative estimate of drug-likeness (QED) is 0.688. The molecule has 0 amide bonds. The molecule has 0 bridgehead atoms. The topological polar surface area (TPSA) is 72.5 Å². The van der Waals surface area contributed by atoms with Crippen molar-refractivity contribution in [2.75, 3.05) is 11.8 Å². The maximum atomic E-state index is 12.9. The normalized spacial score (nSPS) is 13.6. The van der Waals surface area contributed by atoms with E-state index >= 15 is 0 Å². The Hall–Kier alpha value is -2.38. The molecule has 3 aromatic rings. The van der Waals surface area contributed by atoms with E-state index in [4.69, 9.17) is 4.74 Å². The highest BCUT2D eigenvalue weighted by Crippen LogP contribution is 2.40. The number of fused-ring (bicyclic) bond motifs is 2. The van der Waals surface area contributed by atoms with Gasteiger partial charge in [0.2, 0.25) is 0 Å². The van der Waals surface area contributed by atoms with Crippen LogP contribution in [0.25, 0.3) is 10.8 Å². The fourth-order valence-corrected chi connectivity index (χ4v) is 5.93. The second kappa shape index (κ2) is 6.41. The minimum Gasteiger partial charge on any atom is -0.465 e. The predicted molar refractivity (Wildman–Crippen MR) is 102 cm³/mol. The van der Waals surface area contributed by atoms with Gasteiger partial charge in [0.05, 0.1) is 17.6 Å². The molecular formula is C19H17NO4S2. The number of anilines is 1. The molecule has 0 atom stereocenters. The fourth-order valence-electron chi connectivity index (χ4n) is 3.31. The largest absolute Gasteiger partial charge is 0.465 e. The summed E-state index contributed by atoms with van der Waals surface area (Å²) in [4.78, 5) is 13.4. The summed E-state index contributed by atoms with van der Waals surface area (Å²) < 4.78 is 33.2. The number of rotatable bonds is 4. The fraction of sp³-hybridized carbons (Fsp3) is 0.211. The maximum Gasteiger partial charge on any atom is 0.341 e. The molecule has 134 valence electrons. The van der Waals surface area contributed by atoms with Gasteiger partial charge >= 0.3 is 5.97 Å². The van der Waals surface area contributed by atoms with Crippen molar-refractivity contribution >= 4 is 43.1 Å². The number of ether oxygens (including phenoxy) is 1. The third-order valence-corrected chi connectivity index (χ3v) is 7.25. The average molecular weight is 387 g/mol. The zero-order chi connectivity index (χ0) is 18.3. The van der Waals surface area contributed by atoms with Crippen molar-refractivity contribution in [3.8, 4) is 0 Å². The second-order valence-electron chi connectivity index (χ2n) is 6.17. The van der Waals surface area contributed by atoms with Crippen molar-refractivity contribution in [3.63, 3.8) is 0 Å². The highest BCUT2D eigenvalue weighted by atomic mass is 32.2. The Bertz CT molecular complexity index is 1120. The van der Waals surface area contributed by atoms with Gasteiger partial charge in [-0.05, 0) is 47.7 Å². The van der Waals surface area contributed by atoms with E-state index in [0.717, 1.165) is 40.5 Å². The maximum absolute atomic E-state index is 12.9. The molecule has 0 spiro atoms. The number of sulfonamides is 1. The van der Waals surface area contributed by atoms with Gasteiger partial charge in [-0.2, -0.15) is 0 Å². The van der Waals surface area contributed by atoms with Crippen molar-refractivity contribution in [2.24, 2.45) is 0 Å². The lowest BCUT2D eigenvalue weighted by Gasteiger charge is -2.10. The first kappa shape index (κ1) is 17.1. The molecule has 0 fully saturated rings. The van der Waals surface area contributed by atoms with Gasteiger partial charge < -0.3 is 4.74 Å². The van der Waals surface area contributed by atoms with Crippen LogP contribution in [0.4, 0.5) is 5.00 Å². The van der Waals surface area contributed by atoms with E-state index in [-0.39, 0.29) is 4.90 Å². The molecule has 26 heavy (non-hydrogen) atoms. The van der Waals surface area contributed by atoms with Crippen molar-refractivity contribution in [3.05, 3.63) is 58.5 Å². The number of hydrogen-bond donors (Lipinski definition) is 1. The Labute approximate surface area is 155 Å². The van der Waals surface area contributed by atoms with Crippen LogP contribution in [0.15, 0.2) is 47.4 Å². The molecule has 5 nitrogen and oxygen atoms in total. The number of methoxy groups -OCH3 is 1. The molecule has 0 aliphatic heterocycles. The van der Waals surface area contributed by atoms with Crippen LogP contribution in [-0.2, 0) is 27.6 Å². The van der Waals surface area contributed by atoms with E-state index in [1.54, 1.807) is 18.2 Å². The minimum absolute atomic E-state index is 0.167. The molecule has 1 aromatic heterocycles. The number of nitrogens with one attached hydrogen (secondary N) is 1. The summed E-state index contributed by atoms with van der Waals surface area (Å²) in [5.74, 6) is -0.499. The third-order valence-electron chi connectivity index (χ3n) is 4.57. The number of benzene rings is 2. The lowest BCUT2D eigenvalue weighted by atomic mass is 10.1. The van der Waals surface area contributed by atoms with Crippen LogP contribution in [0.5, 0.6) is 0 Å². The van der Waals surface area contributed by atoms with Gasteiger partial charge in [0, 0.05) is 4.88 Å². The monoisotopic (exact) mass is 387 g/mol. The summed E-state index contributed by atoms with van der Waals surface area (Å²) >= 11 is 1.33. The van der Waals surface area contributed by atoms with Crippen molar-refractivity contribution in [1.29, 1.82) is 0 Å². The van der Waals surface area contributed by atoms with Gasteiger partial charge in [-0.3, -0.25) is 4.72 Å². The van der Waals surface area contributed by atoms with Gasteiger partial charge in [-0.15, -0.1) is 11.3 Å². The Morgan fingerprint density at radius 3 is 2.65 bits per heavy atom. The highest BCUT2D eigenvalue weighted by molar-refractivity contribution is 7.93. The number of thiophene rings is 1. The lowest BCUT2D eigenvalue weighted by molar-refractivity contribution is 0.0601. The number of carbonyl (C=O) groups is 1. The summed E-state index contributed by atoms with van der Waals surface area (Å²) in [5, 5.41) is 2.16. The first-order valence-electron chi connectivity index (χ1n) is 8.24. The summed E-state index contributed by atoms with van der Waals surface area (Å²) in [5.41, 5.74) is 1.27. The summed E-state index contributed by atoms with van der Waals surface area (Å²) in [6, 6.07) is 12.6. The van der Waals surface area contributed by atoms with Crippen LogP contribution in [0.1, 0.15) is 27.2 Å². The Kier molecular flexibility index (Phi) is 4.20. The zero-order valence-corrected chi connectivity index (χ0v) is 15.7. The molecular weight excluding hydrogens is 370 g/mol. The van der Waals surface area contributed by atoms with Crippen LogP contribution in [0.2, 0.25) is 0 Å². The average Bonchev–Trinajstić information content (AvgIpc) is 3.21. The number of hydrogen-bond acceptors (Lipinski definition) is 5. The number of esters is 1. The molecule has 4 rings (SSSR count). The molecule has 0 saturated heterocycles. The Morgan fingerprint density at radius 1 is 1.12 bits per heavy atom. The van der Waals surface area contributed by atoms with Gasteiger partial charge in [-0.1, -0.05) is 30.3 Å². The standard InChI is InChI=1S/C19H17NO4S2/c1-24-19(21)17-15-7-4-8-16(15)25-18(17)20-26(22,23)14-10-9-12-5-2-3-6-13(12)11-14/h2-3,5-6,9-11,20H,4,7-8H2,1H3. The lowest BCUT2D eigenvalue weighted by Crippen LogP contribution is -2.15. The van der Waals surface area contributed by atoms with E-state index in [1.807, 2.05) is 24.3 Å². The molecule has 2 aromatic carbocycles. The smallest absolute Gasteiger partial charge is 0.341 e. The SMILES string of the molecule is COC(=O)c1c(NS(=O)(=O)c2ccc3ccccc3c2)sc2c1CCC2. The van der Waals surface area contributed by atoms with Gasteiger partial charge in [0.25, 0.3) is 10.0 Å². The summed E-state index contributed by atoms with van der Waals surface area (Å²) in [6.07, 6.45) is 2.61. The summed E-state index contributed by atoms with van der Waals surface area (Å²) in [7, 11) is -2.50. The van der Waals surface area contributed by atoms with E-state index in [2.05, 4.69) is 4.72 Å². The summed E-state index contributed by atoms with van der Waals surface area (Å²) in [6.45, 7) is 0. The predicted octanol–water partition coefficient (Wildman–Crippen LogP) is 3.98. The molecule has 0 unspecified atom stereocenters. The van der Waals surface area contributed by atoms with Crippen molar-refractivity contribution in [2.45, 2.75) is 24.2 Å². The number of carbonyl (C=O) groups excluding carboxylic acids is 1. The molecule has 1 heterocycles. The molecule has 0 radical (unpaired) electrons. The third kappa shape index (κ3) is 2.87. The Balaban J connectivity index is 1.75. The first-order chi connectivity index (χ1) is 12.5. The van der Waals surface area contributed by atoms with E-state index in [0.29, 0.717) is 10.6 Å². The minimum atomic E-state index is -3.80. The van der Waals surface area contributed by atoms with Crippen molar-refractivity contribution < 1.29 is 17.9 Å². The molecule has 0 saturated carbocycles. The number of aryl methyl sites for hydroxylation is 1. The molecule has 1 aliphatic rings. The van der Waals surface area contributed by atoms with Crippen LogP contribution in [0, 0.1) is 0 Å². The molecule has 1 aliphatic carbocycles. The van der Waals surface area contributed by atoms with E-state index in [9.17, 15) is 13.2 Å². The first-order valence-corrected chi connectivity index (χ1v) is 10.5. The van der Waals surface area contributed by atoms with Crippen LogP contribution >= 0.6 is 11.3 Å². The van der Waals surface area contributed by atoms with Crippen molar-refractivity contribution in [1.82, 2.24) is 0 Å². The molecule has 1 N–H and O–H groups in total. The zero-order valence-electron chi connectivity index (χ0n) is 14.1. The Morgan fingerprint density at radius 2 is 1.88 bits per heavy atom. The molecule has 7 heteroatoms. The van der Waals surface area contributed by atoms with Gasteiger partial charge in [-0.25, -0.2) is 13.2 Å². The van der Waals surface area contributed by atoms with Crippen LogP contribution in [-0.4, -0.2) is 21.5 Å². The van der Waals surface area contributed by atoms with Gasteiger partial charge in [0.15, 0.2) is 0 Å².